The van der Waals surface area contributed by atoms with Crippen molar-refractivity contribution in [1.29, 1.82) is 0 Å². The minimum absolute atomic E-state index is 0.152. The minimum atomic E-state index is -0.408. The van der Waals surface area contributed by atoms with E-state index in [1.54, 1.807) is 7.11 Å². The third-order valence-corrected chi connectivity index (χ3v) is 4.08. The number of hydrogen-bond acceptors (Lipinski definition) is 5. The number of methoxy groups -OCH3 is 1. The van der Waals surface area contributed by atoms with Gasteiger partial charge >= 0.3 is 0 Å². The molecule has 5 heteroatoms. The molecule has 0 amide bonds. The van der Waals surface area contributed by atoms with Crippen molar-refractivity contribution in [2.24, 2.45) is 5.92 Å². The molecule has 5 nitrogen and oxygen atoms in total. The Bertz CT molecular complexity index is 483. The summed E-state index contributed by atoms with van der Waals surface area (Å²) in [5.41, 5.74) is 5.33. The van der Waals surface area contributed by atoms with E-state index in [9.17, 15) is 0 Å². The van der Waals surface area contributed by atoms with Gasteiger partial charge in [-0.25, -0.2) is 4.98 Å². The Hall–Kier alpha value is -1.23. The molecule has 0 aromatic carbocycles. The molecule has 1 aromatic heterocycles. The van der Waals surface area contributed by atoms with Gasteiger partial charge in [-0.1, -0.05) is 34.1 Å². The average molecular weight is 278 g/mol. The molecule has 1 saturated carbocycles. The lowest BCUT2D eigenvalue weighted by Crippen LogP contribution is -2.37. The van der Waals surface area contributed by atoms with Crippen LogP contribution >= 0.6 is 0 Å². The standard InChI is InChI=1S/C15H26N4O/c1-10-7-6-8-15(9-10,20-5)12-17-11(14(2,3)4)18-13(16)19-12/h10H,6-9H2,1-5H3,(H2,16,17,18,19). The Morgan fingerprint density at radius 3 is 2.50 bits per heavy atom. The predicted octanol–water partition coefficient (Wildman–Crippen LogP) is 2.80. The normalized spacial score (nSPS) is 27.6. The summed E-state index contributed by atoms with van der Waals surface area (Å²) in [6.45, 7) is 8.49. The van der Waals surface area contributed by atoms with E-state index in [0.29, 0.717) is 11.7 Å². The lowest BCUT2D eigenvalue weighted by Gasteiger charge is -2.37. The van der Waals surface area contributed by atoms with Gasteiger partial charge in [-0.3, -0.25) is 0 Å². The number of anilines is 1. The molecule has 2 rings (SSSR count). The van der Waals surface area contributed by atoms with Crippen molar-refractivity contribution >= 4 is 5.95 Å². The Kier molecular flexibility index (Phi) is 4.00. The number of nitrogen functional groups attached to an aromatic ring is 1. The quantitative estimate of drug-likeness (QED) is 0.900. The van der Waals surface area contributed by atoms with Crippen LogP contribution in [0.15, 0.2) is 0 Å². The lowest BCUT2D eigenvalue weighted by molar-refractivity contribution is -0.0649. The summed E-state index contributed by atoms with van der Waals surface area (Å²) < 4.78 is 5.85. The number of aromatic nitrogens is 3. The number of rotatable bonds is 2. The first kappa shape index (κ1) is 15.2. The van der Waals surface area contributed by atoms with Crippen LogP contribution in [-0.4, -0.2) is 22.1 Å². The van der Waals surface area contributed by atoms with Crippen LogP contribution in [0.2, 0.25) is 0 Å². The second kappa shape index (κ2) is 5.28. The number of ether oxygens (including phenoxy) is 1. The van der Waals surface area contributed by atoms with Crippen molar-refractivity contribution in [2.75, 3.05) is 12.8 Å². The number of nitrogens with zero attached hydrogens (tertiary/aromatic N) is 3. The number of hydrogen-bond donors (Lipinski definition) is 1. The average Bonchev–Trinajstić information content (AvgIpc) is 2.36. The highest BCUT2D eigenvalue weighted by Crippen LogP contribution is 2.41. The van der Waals surface area contributed by atoms with Crippen LogP contribution in [0.3, 0.4) is 0 Å². The molecule has 2 unspecified atom stereocenters. The van der Waals surface area contributed by atoms with E-state index >= 15 is 0 Å². The SMILES string of the molecule is COC1(c2nc(N)nc(C(C)(C)C)n2)CCCC(C)C1. The zero-order valence-electron chi connectivity index (χ0n) is 13.2. The van der Waals surface area contributed by atoms with Gasteiger partial charge in [0.15, 0.2) is 5.82 Å². The molecule has 2 atom stereocenters. The summed E-state index contributed by atoms with van der Waals surface area (Å²) in [6.07, 6.45) is 4.25. The monoisotopic (exact) mass is 278 g/mol. The third kappa shape index (κ3) is 2.92. The van der Waals surface area contributed by atoms with Crippen molar-refractivity contribution in [3.63, 3.8) is 0 Å². The van der Waals surface area contributed by atoms with Crippen molar-refractivity contribution in [3.8, 4) is 0 Å². The highest BCUT2D eigenvalue weighted by molar-refractivity contribution is 5.22. The summed E-state index contributed by atoms with van der Waals surface area (Å²) in [5, 5.41) is 0. The summed E-state index contributed by atoms with van der Waals surface area (Å²) in [5.74, 6) is 2.33. The fraction of sp³-hybridized carbons (Fsp3) is 0.800. The van der Waals surface area contributed by atoms with Crippen molar-refractivity contribution < 1.29 is 4.74 Å². The summed E-state index contributed by atoms with van der Waals surface area (Å²) in [7, 11) is 1.74. The van der Waals surface area contributed by atoms with Gasteiger partial charge in [-0.05, 0) is 25.2 Å². The highest BCUT2D eigenvalue weighted by atomic mass is 16.5. The minimum Gasteiger partial charge on any atom is -0.370 e. The van der Waals surface area contributed by atoms with Gasteiger partial charge in [0.2, 0.25) is 5.95 Å². The van der Waals surface area contributed by atoms with Gasteiger partial charge in [-0.2, -0.15) is 9.97 Å². The maximum Gasteiger partial charge on any atom is 0.223 e. The van der Waals surface area contributed by atoms with Crippen LogP contribution in [0.5, 0.6) is 0 Å². The molecule has 1 fully saturated rings. The van der Waals surface area contributed by atoms with E-state index in [-0.39, 0.29) is 11.4 Å². The van der Waals surface area contributed by atoms with Crippen molar-refractivity contribution in [3.05, 3.63) is 11.6 Å². The Balaban J connectivity index is 2.47. The number of nitrogens with two attached hydrogens (primary N) is 1. The summed E-state index contributed by atoms with van der Waals surface area (Å²) in [6, 6.07) is 0. The maximum absolute atomic E-state index is 5.89. The molecule has 20 heavy (non-hydrogen) atoms. The van der Waals surface area contributed by atoms with E-state index in [0.717, 1.165) is 25.1 Å². The largest absolute Gasteiger partial charge is 0.370 e. The maximum atomic E-state index is 5.89. The molecule has 0 spiro atoms. The molecule has 2 N–H and O–H groups in total. The zero-order valence-corrected chi connectivity index (χ0v) is 13.2. The van der Waals surface area contributed by atoms with E-state index in [1.165, 1.54) is 6.42 Å². The molecule has 112 valence electrons. The van der Waals surface area contributed by atoms with Crippen LogP contribution < -0.4 is 5.73 Å². The van der Waals surface area contributed by atoms with Crippen LogP contribution in [0.25, 0.3) is 0 Å². The molecule has 1 aliphatic rings. The Morgan fingerprint density at radius 2 is 1.95 bits per heavy atom. The zero-order chi connectivity index (χ0) is 15.0. The lowest BCUT2D eigenvalue weighted by atomic mass is 9.78. The van der Waals surface area contributed by atoms with Gasteiger partial charge in [0.25, 0.3) is 0 Å². The molecular formula is C15H26N4O. The first-order chi connectivity index (χ1) is 9.27. The fourth-order valence-electron chi connectivity index (χ4n) is 2.91. The van der Waals surface area contributed by atoms with E-state index < -0.39 is 5.60 Å². The first-order valence-corrected chi connectivity index (χ1v) is 7.34. The molecule has 0 bridgehead atoms. The van der Waals surface area contributed by atoms with E-state index in [4.69, 9.17) is 10.5 Å². The van der Waals surface area contributed by atoms with Crippen LogP contribution in [0, 0.1) is 5.92 Å². The van der Waals surface area contributed by atoms with Crippen LogP contribution in [0.4, 0.5) is 5.95 Å². The topological polar surface area (TPSA) is 73.9 Å². The summed E-state index contributed by atoms with van der Waals surface area (Å²) in [4.78, 5) is 13.3. The second-order valence-electron chi connectivity index (χ2n) is 6.99. The fourth-order valence-corrected chi connectivity index (χ4v) is 2.91. The van der Waals surface area contributed by atoms with Crippen molar-refractivity contribution in [1.82, 2.24) is 15.0 Å². The van der Waals surface area contributed by atoms with E-state index in [2.05, 4.69) is 42.6 Å². The predicted molar refractivity (Wildman–Crippen MR) is 79.3 cm³/mol. The Labute approximate surface area is 121 Å². The van der Waals surface area contributed by atoms with Gasteiger partial charge in [0.05, 0.1) is 0 Å². The first-order valence-electron chi connectivity index (χ1n) is 7.34. The van der Waals surface area contributed by atoms with Gasteiger partial charge in [0, 0.05) is 12.5 Å². The second-order valence-corrected chi connectivity index (χ2v) is 6.99. The molecule has 0 radical (unpaired) electrons. The highest BCUT2D eigenvalue weighted by Gasteiger charge is 2.40. The van der Waals surface area contributed by atoms with Crippen molar-refractivity contribution in [2.45, 2.75) is 64.4 Å². The third-order valence-electron chi connectivity index (χ3n) is 4.08. The molecule has 1 aliphatic carbocycles. The molecule has 1 aromatic rings. The smallest absolute Gasteiger partial charge is 0.223 e. The molecular weight excluding hydrogens is 252 g/mol. The van der Waals surface area contributed by atoms with Gasteiger partial charge in [-0.15, -0.1) is 0 Å². The van der Waals surface area contributed by atoms with E-state index in [1.807, 2.05) is 0 Å². The Morgan fingerprint density at radius 1 is 1.25 bits per heavy atom. The van der Waals surface area contributed by atoms with Gasteiger partial charge in [0.1, 0.15) is 11.4 Å². The molecule has 1 heterocycles. The summed E-state index contributed by atoms with van der Waals surface area (Å²) >= 11 is 0. The van der Waals surface area contributed by atoms with Crippen LogP contribution in [-0.2, 0) is 15.8 Å². The van der Waals surface area contributed by atoms with Crippen LogP contribution in [0.1, 0.15) is 65.0 Å². The van der Waals surface area contributed by atoms with Gasteiger partial charge < -0.3 is 10.5 Å². The molecule has 0 saturated heterocycles. The molecule has 0 aliphatic heterocycles.